The van der Waals surface area contributed by atoms with E-state index in [-0.39, 0.29) is 17.3 Å². The van der Waals surface area contributed by atoms with Crippen LogP contribution in [0, 0.1) is 10.1 Å². The van der Waals surface area contributed by atoms with Gasteiger partial charge in [-0.3, -0.25) is 19.7 Å². The van der Waals surface area contributed by atoms with Gasteiger partial charge in [-0.15, -0.1) is 0 Å². The fraction of sp³-hybridized carbons (Fsp3) is 0.500. The highest BCUT2D eigenvalue weighted by molar-refractivity contribution is 5.96. The number of nitrogens with zero attached hydrogens (tertiary/aromatic N) is 2. The summed E-state index contributed by atoms with van der Waals surface area (Å²) in [4.78, 5) is 35.4. The van der Waals surface area contributed by atoms with Crippen LogP contribution in [0.5, 0.6) is 0 Å². The van der Waals surface area contributed by atoms with Gasteiger partial charge in [0.2, 0.25) is 0 Å². The summed E-state index contributed by atoms with van der Waals surface area (Å²) in [7, 11) is 0. The van der Waals surface area contributed by atoms with Crippen LogP contribution < -0.4 is 0 Å². The SMILES string of the molecule is CC(C)N(CC(=O)O)C(=O)c1ccc(C(C)(C)C)c([N+](=O)[O-])c1. The van der Waals surface area contributed by atoms with Crippen molar-refractivity contribution in [3.05, 3.63) is 39.4 Å². The molecule has 0 aliphatic carbocycles. The third-order valence-electron chi connectivity index (χ3n) is 3.44. The lowest BCUT2D eigenvalue weighted by molar-refractivity contribution is -0.386. The Morgan fingerprint density at radius 2 is 1.87 bits per heavy atom. The van der Waals surface area contributed by atoms with Gasteiger partial charge in [0.1, 0.15) is 6.54 Å². The van der Waals surface area contributed by atoms with E-state index in [9.17, 15) is 19.7 Å². The predicted molar refractivity (Wildman–Crippen MR) is 85.6 cm³/mol. The maximum absolute atomic E-state index is 12.5. The first-order valence-electron chi connectivity index (χ1n) is 7.26. The molecule has 126 valence electrons. The molecule has 0 aromatic heterocycles. The number of nitro benzene ring substituents is 1. The van der Waals surface area contributed by atoms with Crippen molar-refractivity contribution in [1.29, 1.82) is 0 Å². The molecule has 0 heterocycles. The average molecular weight is 322 g/mol. The second-order valence-corrected chi connectivity index (χ2v) is 6.66. The molecule has 1 amide bonds. The number of nitro groups is 1. The van der Waals surface area contributed by atoms with Crippen LogP contribution in [0.2, 0.25) is 0 Å². The van der Waals surface area contributed by atoms with E-state index in [1.807, 2.05) is 20.8 Å². The molecule has 1 aromatic rings. The molecule has 7 heteroatoms. The van der Waals surface area contributed by atoms with Gasteiger partial charge in [-0.05, 0) is 25.3 Å². The Balaban J connectivity index is 3.33. The van der Waals surface area contributed by atoms with Crippen molar-refractivity contribution < 1.29 is 19.6 Å². The molecule has 1 rings (SSSR count). The minimum atomic E-state index is -1.13. The van der Waals surface area contributed by atoms with Crippen LogP contribution in [-0.2, 0) is 10.2 Å². The van der Waals surface area contributed by atoms with Crippen LogP contribution in [0.25, 0.3) is 0 Å². The quantitative estimate of drug-likeness (QED) is 0.663. The predicted octanol–water partition coefficient (Wildman–Crippen LogP) is 2.83. The summed E-state index contributed by atoms with van der Waals surface area (Å²) in [5, 5.41) is 20.2. The van der Waals surface area contributed by atoms with Crippen LogP contribution in [0.15, 0.2) is 18.2 Å². The minimum absolute atomic E-state index is 0.111. The Hall–Kier alpha value is -2.44. The minimum Gasteiger partial charge on any atom is -0.480 e. The monoisotopic (exact) mass is 322 g/mol. The Morgan fingerprint density at radius 1 is 1.30 bits per heavy atom. The standard InChI is InChI=1S/C16H22N2O5/c1-10(2)17(9-14(19)20)15(21)11-6-7-12(16(3,4)5)13(8-11)18(22)23/h6-8,10H,9H2,1-5H3,(H,19,20). The lowest BCUT2D eigenvalue weighted by Gasteiger charge is -2.25. The Kier molecular flexibility index (Phi) is 5.47. The largest absolute Gasteiger partial charge is 0.480 e. The normalized spacial score (nSPS) is 11.4. The maximum Gasteiger partial charge on any atom is 0.323 e. The van der Waals surface area contributed by atoms with Gasteiger partial charge in [0, 0.05) is 23.2 Å². The second kappa shape index (κ2) is 6.76. The van der Waals surface area contributed by atoms with Crippen molar-refractivity contribution in [3.63, 3.8) is 0 Å². The molecule has 7 nitrogen and oxygen atoms in total. The van der Waals surface area contributed by atoms with Crippen LogP contribution in [0.1, 0.15) is 50.5 Å². The molecule has 0 fully saturated rings. The van der Waals surface area contributed by atoms with E-state index in [2.05, 4.69) is 0 Å². The molecule has 0 radical (unpaired) electrons. The number of carboxylic acids is 1. The van der Waals surface area contributed by atoms with Crippen molar-refractivity contribution in [1.82, 2.24) is 4.90 Å². The summed E-state index contributed by atoms with van der Waals surface area (Å²) in [5.74, 6) is -1.67. The number of benzene rings is 1. The summed E-state index contributed by atoms with van der Waals surface area (Å²) in [6, 6.07) is 3.96. The number of carbonyl (C=O) groups is 2. The topological polar surface area (TPSA) is 101 Å². The summed E-state index contributed by atoms with van der Waals surface area (Å²) in [5.41, 5.74) is 0.0541. The van der Waals surface area contributed by atoms with Crippen LogP contribution >= 0.6 is 0 Å². The average Bonchev–Trinajstić information content (AvgIpc) is 2.41. The molecule has 0 aliphatic rings. The highest BCUT2D eigenvalue weighted by Gasteiger charge is 2.28. The van der Waals surface area contributed by atoms with E-state index in [1.54, 1.807) is 19.9 Å². The second-order valence-electron chi connectivity index (χ2n) is 6.66. The van der Waals surface area contributed by atoms with Gasteiger partial charge in [-0.2, -0.15) is 0 Å². The van der Waals surface area contributed by atoms with Crippen molar-refractivity contribution in [2.45, 2.75) is 46.1 Å². The number of amides is 1. The molecule has 0 bridgehead atoms. The van der Waals surface area contributed by atoms with E-state index in [0.29, 0.717) is 5.56 Å². The number of carbonyl (C=O) groups excluding carboxylic acids is 1. The van der Waals surface area contributed by atoms with Crippen molar-refractivity contribution in [2.75, 3.05) is 6.54 Å². The fourth-order valence-corrected chi connectivity index (χ4v) is 2.25. The summed E-state index contributed by atoms with van der Waals surface area (Å²) in [6.45, 7) is 8.48. The van der Waals surface area contributed by atoms with Gasteiger partial charge in [-0.25, -0.2) is 0 Å². The van der Waals surface area contributed by atoms with Gasteiger partial charge in [0.15, 0.2) is 0 Å². The first-order chi connectivity index (χ1) is 10.4. The zero-order valence-corrected chi connectivity index (χ0v) is 14.0. The highest BCUT2D eigenvalue weighted by atomic mass is 16.6. The third kappa shape index (κ3) is 4.51. The maximum atomic E-state index is 12.5. The van der Waals surface area contributed by atoms with E-state index in [1.165, 1.54) is 12.1 Å². The van der Waals surface area contributed by atoms with Gasteiger partial charge < -0.3 is 10.0 Å². The van der Waals surface area contributed by atoms with Crippen molar-refractivity contribution in [2.24, 2.45) is 0 Å². The molecule has 0 spiro atoms. The van der Waals surface area contributed by atoms with Crippen molar-refractivity contribution >= 4 is 17.6 Å². The van der Waals surface area contributed by atoms with Gasteiger partial charge in [0.05, 0.1) is 4.92 Å². The van der Waals surface area contributed by atoms with E-state index < -0.39 is 28.8 Å². The van der Waals surface area contributed by atoms with Crippen LogP contribution in [0.3, 0.4) is 0 Å². The lowest BCUT2D eigenvalue weighted by atomic mass is 9.85. The summed E-state index contributed by atoms with van der Waals surface area (Å²) in [6.07, 6.45) is 0. The summed E-state index contributed by atoms with van der Waals surface area (Å²) >= 11 is 0. The molecule has 23 heavy (non-hydrogen) atoms. The third-order valence-corrected chi connectivity index (χ3v) is 3.44. The zero-order valence-electron chi connectivity index (χ0n) is 14.0. The molecule has 0 atom stereocenters. The molecule has 0 saturated carbocycles. The smallest absolute Gasteiger partial charge is 0.323 e. The van der Waals surface area contributed by atoms with Gasteiger partial charge >= 0.3 is 5.97 Å². The van der Waals surface area contributed by atoms with Gasteiger partial charge in [-0.1, -0.05) is 26.8 Å². The zero-order chi connectivity index (χ0) is 17.9. The first kappa shape index (κ1) is 18.6. The lowest BCUT2D eigenvalue weighted by Crippen LogP contribution is -2.40. The van der Waals surface area contributed by atoms with Crippen LogP contribution in [-0.4, -0.2) is 39.4 Å². The molecule has 0 unspecified atom stereocenters. The Labute approximate surface area is 135 Å². The number of hydrogen-bond donors (Lipinski definition) is 1. The Morgan fingerprint density at radius 3 is 2.26 bits per heavy atom. The Bertz CT molecular complexity index is 632. The molecule has 0 aliphatic heterocycles. The highest BCUT2D eigenvalue weighted by Crippen LogP contribution is 2.32. The van der Waals surface area contributed by atoms with E-state index in [0.717, 1.165) is 4.90 Å². The van der Waals surface area contributed by atoms with Crippen LogP contribution in [0.4, 0.5) is 5.69 Å². The molecule has 1 aromatic carbocycles. The van der Waals surface area contributed by atoms with Crippen molar-refractivity contribution in [3.8, 4) is 0 Å². The fourth-order valence-electron chi connectivity index (χ4n) is 2.25. The molecular formula is C16H22N2O5. The number of rotatable bonds is 5. The van der Waals surface area contributed by atoms with E-state index in [4.69, 9.17) is 5.11 Å². The molecule has 1 N–H and O–H groups in total. The first-order valence-corrected chi connectivity index (χ1v) is 7.26. The van der Waals surface area contributed by atoms with Gasteiger partial charge in [0.25, 0.3) is 11.6 Å². The molecule has 0 saturated heterocycles. The number of hydrogen-bond acceptors (Lipinski definition) is 4. The molecular weight excluding hydrogens is 300 g/mol. The van der Waals surface area contributed by atoms with E-state index >= 15 is 0 Å². The number of carboxylic acid groups (broad SMARTS) is 1. The summed E-state index contributed by atoms with van der Waals surface area (Å²) < 4.78 is 0. The number of aliphatic carboxylic acids is 1.